The zero-order chi connectivity index (χ0) is 12.7. The highest BCUT2D eigenvalue weighted by Gasteiger charge is 2.10. The van der Waals surface area contributed by atoms with Crippen molar-refractivity contribution in [1.82, 2.24) is 5.32 Å². The molecule has 0 heterocycles. The smallest absolute Gasteiger partial charge is 0.0320 e. The molecule has 0 saturated heterocycles. The Labute approximate surface area is 114 Å². The van der Waals surface area contributed by atoms with Gasteiger partial charge in [-0.2, -0.15) is 0 Å². The van der Waals surface area contributed by atoms with E-state index in [1.807, 2.05) is 0 Å². The minimum absolute atomic E-state index is 0.497. The Hall–Kier alpha value is -0.340. The Morgan fingerprint density at radius 2 is 2.00 bits per heavy atom. The van der Waals surface area contributed by atoms with Crippen molar-refractivity contribution in [2.24, 2.45) is 5.92 Å². The van der Waals surface area contributed by atoms with Gasteiger partial charge in [-0.3, -0.25) is 0 Å². The summed E-state index contributed by atoms with van der Waals surface area (Å²) in [6, 6.07) is 9.14. The zero-order valence-corrected chi connectivity index (χ0v) is 12.8. The molecule has 1 N–H and O–H groups in total. The van der Waals surface area contributed by atoms with Crippen LogP contribution in [0.25, 0.3) is 0 Å². The fraction of sp³-hybridized carbons (Fsp3) is 0.600. The first-order valence-corrected chi connectivity index (χ1v) is 7.41. The summed E-state index contributed by atoms with van der Waals surface area (Å²) in [7, 11) is 0. The summed E-state index contributed by atoms with van der Waals surface area (Å²) in [4.78, 5) is 0. The minimum Gasteiger partial charge on any atom is -0.310 e. The van der Waals surface area contributed by atoms with Crippen molar-refractivity contribution < 1.29 is 0 Å². The van der Waals surface area contributed by atoms with E-state index in [1.165, 1.54) is 29.3 Å². The molecule has 0 spiro atoms. The molecule has 1 rings (SSSR count). The molecule has 1 aromatic rings. The monoisotopic (exact) mass is 297 g/mol. The maximum absolute atomic E-state index is 3.58. The maximum atomic E-state index is 3.58. The van der Waals surface area contributed by atoms with Gasteiger partial charge in [-0.25, -0.2) is 0 Å². The van der Waals surface area contributed by atoms with Crippen LogP contribution in [0.2, 0.25) is 0 Å². The van der Waals surface area contributed by atoms with Crippen LogP contribution in [0.1, 0.15) is 51.6 Å². The van der Waals surface area contributed by atoms with Crippen LogP contribution in [0.3, 0.4) is 0 Å². The highest BCUT2D eigenvalue weighted by atomic mass is 79.9. The van der Waals surface area contributed by atoms with Crippen molar-refractivity contribution in [3.05, 3.63) is 34.3 Å². The van der Waals surface area contributed by atoms with Gasteiger partial charge in [0.05, 0.1) is 0 Å². The summed E-state index contributed by atoms with van der Waals surface area (Å²) in [5, 5.41) is 3.58. The van der Waals surface area contributed by atoms with Crippen LogP contribution in [0.5, 0.6) is 0 Å². The molecule has 2 heteroatoms. The molecule has 0 aliphatic rings. The van der Waals surface area contributed by atoms with Crippen LogP contribution in [-0.4, -0.2) is 6.54 Å². The van der Waals surface area contributed by atoms with Crippen molar-refractivity contribution in [2.45, 2.75) is 46.1 Å². The number of halogens is 1. The molecule has 1 atom stereocenters. The third kappa shape index (κ3) is 5.69. The Bertz CT molecular complexity index is 322. The highest BCUT2D eigenvalue weighted by Crippen LogP contribution is 2.23. The lowest BCUT2D eigenvalue weighted by Gasteiger charge is -2.19. The second-order valence-electron chi connectivity index (χ2n) is 4.99. The molecule has 0 aromatic heterocycles. The quantitative estimate of drug-likeness (QED) is 0.753. The Morgan fingerprint density at radius 1 is 1.24 bits per heavy atom. The topological polar surface area (TPSA) is 12.0 Å². The van der Waals surface area contributed by atoms with Gasteiger partial charge >= 0.3 is 0 Å². The van der Waals surface area contributed by atoms with Crippen LogP contribution in [0, 0.1) is 5.92 Å². The lowest BCUT2D eigenvalue weighted by Crippen LogP contribution is -2.21. The Kier molecular flexibility index (Phi) is 6.83. The molecule has 1 unspecified atom stereocenters. The summed E-state index contributed by atoms with van der Waals surface area (Å²) in [6.07, 6.45) is 3.83. The number of hydrogen-bond donors (Lipinski definition) is 1. The van der Waals surface area contributed by atoms with Gasteiger partial charge in [0.2, 0.25) is 0 Å². The third-order valence-electron chi connectivity index (χ3n) is 2.98. The number of nitrogens with one attached hydrogen (secondary N) is 1. The summed E-state index contributed by atoms with van der Waals surface area (Å²) in [5.41, 5.74) is 1.39. The van der Waals surface area contributed by atoms with E-state index in [0.717, 1.165) is 12.5 Å². The average Bonchev–Trinajstić information content (AvgIpc) is 2.27. The van der Waals surface area contributed by atoms with Gasteiger partial charge in [0.15, 0.2) is 0 Å². The lowest BCUT2D eigenvalue weighted by atomic mass is 9.98. The van der Waals surface area contributed by atoms with E-state index in [1.54, 1.807) is 0 Å². The molecule has 96 valence electrons. The molecule has 0 radical (unpaired) electrons. The van der Waals surface area contributed by atoms with Crippen molar-refractivity contribution in [3.8, 4) is 0 Å². The molecule has 0 bridgehead atoms. The minimum atomic E-state index is 0.497. The lowest BCUT2D eigenvalue weighted by molar-refractivity contribution is 0.455. The second-order valence-corrected chi connectivity index (χ2v) is 5.91. The van der Waals surface area contributed by atoms with Crippen molar-refractivity contribution >= 4 is 15.9 Å². The maximum Gasteiger partial charge on any atom is 0.0320 e. The predicted octanol–water partition coefficient (Wildman–Crippen LogP) is 4.93. The van der Waals surface area contributed by atoms with Gasteiger partial charge < -0.3 is 5.32 Å². The van der Waals surface area contributed by atoms with Crippen molar-refractivity contribution in [1.29, 1.82) is 0 Å². The van der Waals surface area contributed by atoms with Gasteiger partial charge in [-0.05, 0) is 36.6 Å². The summed E-state index contributed by atoms with van der Waals surface area (Å²) in [5.74, 6) is 0.805. The standard InChI is InChI=1S/C15H24BrN/c1-4-17-15(10-5-7-12(2)3)13-8-6-9-14(16)11-13/h6,8-9,11-12,15,17H,4-5,7,10H2,1-3H3. The molecule has 0 aliphatic heterocycles. The van der Waals surface area contributed by atoms with E-state index in [2.05, 4.69) is 66.3 Å². The first kappa shape index (κ1) is 14.7. The van der Waals surface area contributed by atoms with E-state index in [-0.39, 0.29) is 0 Å². The normalized spacial score (nSPS) is 13.0. The number of benzene rings is 1. The SMILES string of the molecule is CCNC(CCCC(C)C)c1cccc(Br)c1. The molecular formula is C15H24BrN. The molecule has 17 heavy (non-hydrogen) atoms. The Morgan fingerprint density at radius 3 is 2.59 bits per heavy atom. The summed E-state index contributed by atoms with van der Waals surface area (Å²) < 4.78 is 1.17. The van der Waals surface area contributed by atoms with Gasteiger partial charge in [-0.15, -0.1) is 0 Å². The number of rotatable bonds is 7. The van der Waals surface area contributed by atoms with Gasteiger partial charge in [0, 0.05) is 10.5 Å². The third-order valence-corrected chi connectivity index (χ3v) is 3.47. The average molecular weight is 298 g/mol. The van der Waals surface area contributed by atoms with Gasteiger partial charge in [-0.1, -0.05) is 61.7 Å². The molecule has 1 aromatic carbocycles. The molecule has 0 saturated carbocycles. The fourth-order valence-corrected chi connectivity index (χ4v) is 2.50. The Balaban J connectivity index is 2.58. The van der Waals surface area contributed by atoms with Crippen LogP contribution in [0.15, 0.2) is 28.7 Å². The molecule has 0 amide bonds. The van der Waals surface area contributed by atoms with E-state index in [0.29, 0.717) is 6.04 Å². The molecule has 0 aliphatic carbocycles. The van der Waals surface area contributed by atoms with E-state index in [9.17, 15) is 0 Å². The van der Waals surface area contributed by atoms with Crippen LogP contribution in [-0.2, 0) is 0 Å². The first-order valence-electron chi connectivity index (χ1n) is 6.62. The van der Waals surface area contributed by atoms with Gasteiger partial charge in [0.25, 0.3) is 0 Å². The van der Waals surface area contributed by atoms with Crippen molar-refractivity contribution in [3.63, 3.8) is 0 Å². The summed E-state index contributed by atoms with van der Waals surface area (Å²) >= 11 is 3.55. The first-order chi connectivity index (χ1) is 8.13. The summed E-state index contributed by atoms with van der Waals surface area (Å²) in [6.45, 7) is 7.79. The molecule has 0 fully saturated rings. The largest absolute Gasteiger partial charge is 0.310 e. The van der Waals surface area contributed by atoms with E-state index in [4.69, 9.17) is 0 Å². The zero-order valence-electron chi connectivity index (χ0n) is 11.2. The second kappa shape index (κ2) is 7.88. The van der Waals surface area contributed by atoms with Crippen LogP contribution < -0.4 is 5.32 Å². The van der Waals surface area contributed by atoms with Crippen LogP contribution >= 0.6 is 15.9 Å². The highest BCUT2D eigenvalue weighted by molar-refractivity contribution is 9.10. The van der Waals surface area contributed by atoms with E-state index >= 15 is 0 Å². The van der Waals surface area contributed by atoms with Crippen LogP contribution in [0.4, 0.5) is 0 Å². The fourth-order valence-electron chi connectivity index (χ4n) is 2.09. The number of hydrogen-bond acceptors (Lipinski definition) is 1. The van der Waals surface area contributed by atoms with Gasteiger partial charge in [0.1, 0.15) is 0 Å². The predicted molar refractivity (Wildman–Crippen MR) is 79.2 cm³/mol. The van der Waals surface area contributed by atoms with Crippen molar-refractivity contribution in [2.75, 3.05) is 6.54 Å². The van der Waals surface area contributed by atoms with E-state index < -0.39 is 0 Å². The molecule has 1 nitrogen and oxygen atoms in total. The molecular weight excluding hydrogens is 274 g/mol.